The highest BCUT2D eigenvalue weighted by atomic mass is 28.4. The van der Waals surface area contributed by atoms with Crippen molar-refractivity contribution >= 4 is 31.6 Å². The number of anilines is 2. The van der Waals surface area contributed by atoms with Crippen LogP contribution in [0.25, 0.3) is 5.65 Å². The highest BCUT2D eigenvalue weighted by Crippen LogP contribution is 2.46. The van der Waals surface area contributed by atoms with Gasteiger partial charge >= 0.3 is 6.03 Å². The van der Waals surface area contributed by atoms with Crippen molar-refractivity contribution in [1.29, 1.82) is 0 Å². The zero-order valence-electron chi connectivity index (χ0n) is 41.2. The van der Waals surface area contributed by atoms with E-state index in [-0.39, 0.29) is 29.9 Å². The summed E-state index contributed by atoms with van der Waals surface area (Å²) >= 11 is 0. The van der Waals surface area contributed by atoms with Crippen LogP contribution in [0.5, 0.6) is 5.75 Å². The van der Waals surface area contributed by atoms with Crippen LogP contribution in [0.1, 0.15) is 144 Å². The smallest absolute Gasteiger partial charge is 0.320 e. The number of urea groups is 1. The van der Waals surface area contributed by atoms with Gasteiger partial charge in [0.15, 0.2) is 20.3 Å². The minimum Gasteiger partial charge on any atom is -0.484 e. The third-order valence-corrected chi connectivity index (χ3v) is 20.9. The molecule has 2 amide bonds. The van der Waals surface area contributed by atoms with Crippen molar-refractivity contribution in [3.63, 3.8) is 0 Å². The molecule has 5 atom stereocenters. The second kappa shape index (κ2) is 20.0. The molecule has 15 nitrogen and oxygen atoms in total. The molecule has 2 unspecified atom stereocenters. The van der Waals surface area contributed by atoms with Gasteiger partial charge in [-0.1, -0.05) is 86.6 Å². The van der Waals surface area contributed by atoms with Crippen molar-refractivity contribution in [2.75, 3.05) is 36.3 Å². The van der Waals surface area contributed by atoms with Gasteiger partial charge in [-0.3, -0.25) is 19.4 Å². The summed E-state index contributed by atoms with van der Waals surface area (Å²) in [6, 6.07) is 12.1. The lowest BCUT2D eigenvalue weighted by molar-refractivity contribution is -0.163. The summed E-state index contributed by atoms with van der Waals surface area (Å²) in [5, 5.41) is 22.4. The third-order valence-electron chi connectivity index (χ3n) is 14.8. The predicted octanol–water partition coefficient (Wildman–Crippen LogP) is 9.95. The number of rotatable bonds is 16. The summed E-state index contributed by atoms with van der Waals surface area (Å²) in [5.74, 6) is 2.24. The molecule has 2 fully saturated rings. The standard InChI is InChI=1S/C50H76N10O5Si/c1-34(2)66(35(3)4,36(5)6)64-33-50(49(8,9)10)29-45(60(56-50)38-30-51-57(31-38)26-28-63-46-20-14-16-27-62-46)53-47(61)52-42-22-23-43(41-19-12-11-18-40(41)42)65-39-21-24-44-54-55-48(59(44)32-39)58-25-15-13-17-37(58)7/h11-12,18-19,21,24,29-32,34-37,42-43,46,56H,13-17,20,22-23,25-28,33H2,1-10H3,(H2,52,53,61)/t37-,42-,43+,46?,50?/m0/s1. The number of benzene rings is 1. The third kappa shape index (κ3) is 9.89. The van der Waals surface area contributed by atoms with Crippen molar-refractivity contribution in [1.82, 2.24) is 40.4 Å². The second-order valence-electron chi connectivity index (χ2n) is 21.0. The summed E-state index contributed by atoms with van der Waals surface area (Å²) in [4.78, 5) is 16.8. The molecule has 4 aromatic rings. The van der Waals surface area contributed by atoms with Gasteiger partial charge in [0, 0.05) is 19.2 Å². The SMILES string of the molecule is CC(C)[Si](OCC1(C(C)(C)C)C=C(NC(=O)N[C@H]2CC[C@@H](Oc3ccc4nnc(N5CCCC[C@@H]5C)n4c3)c3ccccc32)N(c2cnn(CCOC3CCCCO3)c2)N1)(C(C)C)C(C)C. The summed E-state index contributed by atoms with van der Waals surface area (Å²) < 4.78 is 29.9. The molecule has 3 N–H and O–H groups in total. The van der Waals surface area contributed by atoms with Gasteiger partial charge in [-0.05, 0) is 110 Å². The van der Waals surface area contributed by atoms with Gasteiger partial charge in [0.25, 0.3) is 0 Å². The maximum Gasteiger partial charge on any atom is 0.320 e. The van der Waals surface area contributed by atoms with Crippen LogP contribution in [0.4, 0.5) is 16.4 Å². The molecular formula is C50H76N10O5Si. The zero-order valence-corrected chi connectivity index (χ0v) is 42.2. The summed E-state index contributed by atoms with van der Waals surface area (Å²) in [6.45, 7) is 26.1. The first-order valence-corrected chi connectivity index (χ1v) is 26.9. The Morgan fingerprint density at radius 3 is 2.41 bits per heavy atom. The molecule has 6 heterocycles. The van der Waals surface area contributed by atoms with Gasteiger partial charge < -0.3 is 28.9 Å². The van der Waals surface area contributed by atoms with Gasteiger partial charge in [-0.2, -0.15) is 5.10 Å². The molecule has 0 spiro atoms. The first-order valence-electron chi connectivity index (χ1n) is 24.7. The largest absolute Gasteiger partial charge is 0.484 e. The first-order chi connectivity index (χ1) is 31.6. The molecule has 16 heteroatoms. The lowest BCUT2D eigenvalue weighted by atomic mass is 9.75. The Morgan fingerprint density at radius 2 is 1.70 bits per heavy atom. The van der Waals surface area contributed by atoms with E-state index in [9.17, 15) is 4.79 Å². The lowest BCUT2D eigenvalue weighted by Crippen LogP contribution is -2.61. The number of hydrazine groups is 1. The van der Waals surface area contributed by atoms with Gasteiger partial charge in [-0.15, -0.1) is 10.2 Å². The van der Waals surface area contributed by atoms with Crippen LogP contribution in [0, 0.1) is 5.41 Å². The van der Waals surface area contributed by atoms with E-state index in [1.54, 1.807) is 0 Å². The van der Waals surface area contributed by atoms with Crippen LogP contribution < -0.4 is 30.7 Å². The number of hydrogen-bond donors (Lipinski definition) is 3. The van der Waals surface area contributed by atoms with E-state index in [1.807, 2.05) is 52.5 Å². The molecule has 3 aliphatic heterocycles. The number of piperidine rings is 1. The Hall–Kier alpha value is -4.48. The normalized spacial score (nSPS) is 24.0. The fraction of sp³-hybridized carbons (Fsp3) is 0.640. The van der Waals surface area contributed by atoms with E-state index >= 15 is 0 Å². The maximum absolute atomic E-state index is 14.4. The molecule has 8 rings (SSSR count). The van der Waals surface area contributed by atoms with E-state index in [2.05, 4.69) is 123 Å². The Balaban J connectivity index is 1.02. The van der Waals surface area contributed by atoms with E-state index < -0.39 is 13.9 Å². The second-order valence-corrected chi connectivity index (χ2v) is 26.5. The summed E-state index contributed by atoms with van der Waals surface area (Å²) in [5.41, 5.74) is 7.85. The van der Waals surface area contributed by atoms with E-state index in [0.29, 0.717) is 54.7 Å². The number of amides is 2. The summed E-state index contributed by atoms with van der Waals surface area (Å²) in [7, 11) is -2.26. The van der Waals surface area contributed by atoms with Gasteiger partial charge in [0.1, 0.15) is 17.7 Å². The van der Waals surface area contributed by atoms with E-state index in [1.165, 1.54) is 6.42 Å². The van der Waals surface area contributed by atoms with Crippen molar-refractivity contribution in [2.24, 2.45) is 5.41 Å². The zero-order chi connectivity index (χ0) is 46.8. The highest BCUT2D eigenvalue weighted by molar-refractivity contribution is 6.77. The van der Waals surface area contributed by atoms with Gasteiger partial charge in [0.2, 0.25) is 5.95 Å². The minimum atomic E-state index is -2.26. The number of carbonyl (C=O) groups is 1. The number of ether oxygens (including phenoxy) is 3. The minimum absolute atomic E-state index is 0.163. The predicted molar refractivity (Wildman–Crippen MR) is 262 cm³/mol. The van der Waals surface area contributed by atoms with Crippen LogP contribution in [-0.4, -0.2) is 83.0 Å². The highest BCUT2D eigenvalue weighted by Gasteiger charge is 2.52. The van der Waals surface area contributed by atoms with Gasteiger partial charge in [0.05, 0.1) is 55.6 Å². The van der Waals surface area contributed by atoms with Crippen LogP contribution in [0.3, 0.4) is 0 Å². The quantitative estimate of drug-likeness (QED) is 0.0924. The maximum atomic E-state index is 14.4. The lowest BCUT2D eigenvalue weighted by Gasteiger charge is -2.47. The fourth-order valence-corrected chi connectivity index (χ4v) is 16.5. The number of nitrogens with zero attached hydrogens (tertiary/aromatic N) is 7. The molecule has 4 aliphatic rings. The van der Waals surface area contributed by atoms with Crippen molar-refractivity contribution in [2.45, 2.75) is 174 Å². The Labute approximate surface area is 393 Å². The van der Waals surface area contributed by atoms with Crippen LogP contribution in [0.2, 0.25) is 16.6 Å². The number of nitrogens with one attached hydrogen (secondary N) is 3. The number of pyridine rings is 1. The van der Waals surface area contributed by atoms with E-state index in [0.717, 1.165) is 85.8 Å². The molecule has 1 aromatic carbocycles. The molecule has 0 radical (unpaired) electrons. The number of aromatic nitrogens is 5. The van der Waals surface area contributed by atoms with Crippen LogP contribution >= 0.6 is 0 Å². The average molecular weight is 925 g/mol. The van der Waals surface area contributed by atoms with Gasteiger partial charge in [-0.25, -0.2) is 10.2 Å². The topological polar surface area (TPSA) is 145 Å². The number of carbonyl (C=O) groups excluding carboxylic acids is 1. The van der Waals surface area contributed by atoms with E-state index in [4.69, 9.17) is 23.7 Å². The average Bonchev–Trinajstić information content (AvgIpc) is 4.03. The fourth-order valence-electron chi connectivity index (χ4n) is 11.0. The molecule has 360 valence electrons. The Bertz CT molecular complexity index is 2280. The molecular weight excluding hydrogens is 849 g/mol. The molecule has 2 saturated heterocycles. The molecule has 0 saturated carbocycles. The van der Waals surface area contributed by atoms with Crippen LogP contribution in [-0.2, 0) is 20.4 Å². The first kappa shape index (κ1) is 48.0. The van der Waals surface area contributed by atoms with Crippen LogP contribution in [0.15, 0.2) is 66.9 Å². The monoisotopic (exact) mass is 925 g/mol. The Kier molecular flexibility index (Phi) is 14.5. The van der Waals surface area contributed by atoms with Crippen molar-refractivity contribution in [3.05, 3.63) is 78.0 Å². The molecule has 0 bridgehead atoms. The number of hydrogen-bond acceptors (Lipinski definition) is 11. The number of fused-ring (bicyclic) bond motifs is 2. The molecule has 66 heavy (non-hydrogen) atoms. The summed E-state index contributed by atoms with van der Waals surface area (Å²) in [6.07, 6.45) is 15.7. The molecule has 1 aliphatic carbocycles. The van der Waals surface area contributed by atoms with Crippen molar-refractivity contribution in [3.8, 4) is 5.75 Å². The Morgan fingerprint density at radius 1 is 0.939 bits per heavy atom. The molecule has 3 aromatic heterocycles. The van der Waals surface area contributed by atoms with Crippen molar-refractivity contribution < 1.29 is 23.4 Å².